The van der Waals surface area contributed by atoms with Gasteiger partial charge in [0.1, 0.15) is 0 Å². The number of aromatic carboxylic acids is 1. The topological polar surface area (TPSA) is 96.8 Å². The monoisotopic (exact) mass is 286 g/mol. The molecule has 0 bridgehead atoms. The molecule has 1 aromatic heterocycles. The standard InChI is InChI=1S/C11H14N2O5S/c1-8-7-18-5-4-13(8)19(16,17)10-3-2-9(6-12-10)11(14)15/h2-3,6,8H,4-5,7H2,1H3,(H,14,15). The summed E-state index contributed by atoms with van der Waals surface area (Å²) in [5.74, 6) is -1.14. The van der Waals surface area contributed by atoms with Crippen molar-refractivity contribution in [3.63, 3.8) is 0 Å². The Kier molecular flexibility index (Phi) is 3.83. The van der Waals surface area contributed by atoms with Gasteiger partial charge in [-0.1, -0.05) is 0 Å². The normalized spacial score (nSPS) is 21.2. The number of sulfonamides is 1. The van der Waals surface area contributed by atoms with E-state index >= 15 is 0 Å². The molecule has 1 N–H and O–H groups in total. The Labute approximate surface area is 110 Å². The molecule has 1 fully saturated rings. The third-order valence-electron chi connectivity index (χ3n) is 2.86. The van der Waals surface area contributed by atoms with Crippen LogP contribution < -0.4 is 0 Å². The molecule has 104 valence electrons. The zero-order valence-corrected chi connectivity index (χ0v) is 11.1. The average molecular weight is 286 g/mol. The van der Waals surface area contributed by atoms with E-state index in [-0.39, 0.29) is 23.2 Å². The maximum absolute atomic E-state index is 12.3. The SMILES string of the molecule is CC1COCCN1S(=O)(=O)c1ccc(C(=O)O)cn1. The highest BCUT2D eigenvalue weighted by Gasteiger charge is 2.32. The van der Waals surface area contributed by atoms with Gasteiger partial charge in [0.25, 0.3) is 10.0 Å². The van der Waals surface area contributed by atoms with Crippen LogP contribution in [-0.2, 0) is 14.8 Å². The number of carboxylic acid groups (broad SMARTS) is 1. The molecular weight excluding hydrogens is 272 g/mol. The van der Waals surface area contributed by atoms with Crippen LogP contribution in [0.15, 0.2) is 23.4 Å². The second-order valence-electron chi connectivity index (χ2n) is 4.23. The van der Waals surface area contributed by atoms with Crippen molar-refractivity contribution in [1.29, 1.82) is 0 Å². The lowest BCUT2D eigenvalue weighted by molar-refractivity contribution is 0.0391. The van der Waals surface area contributed by atoms with Gasteiger partial charge in [0.15, 0.2) is 5.03 Å². The summed E-state index contributed by atoms with van der Waals surface area (Å²) in [5, 5.41) is 8.61. The number of carbonyl (C=O) groups is 1. The molecule has 19 heavy (non-hydrogen) atoms. The summed E-state index contributed by atoms with van der Waals surface area (Å²) >= 11 is 0. The van der Waals surface area contributed by atoms with Gasteiger partial charge in [-0.25, -0.2) is 18.2 Å². The van der Waals surface area contributed by atoms with Crippen molar-refractivity contribution in [1.82, 2.24) is 9.29 Å². The maximum atomic E-state index is 12.3. The molecule has 1 atom stereocenters. The molecule has 0 amide bonds. The van der Waals surface area contributed by atoms with Crippen molar-refractivity contribution in [2.24, 2.45) is 0 Å². The number of pyridine rings is 1. The van der Waals surface area contributed by atoms with Crippen LogP contribution in [0, 0.1) is 0 Å². The Morgan fingerprint density at radius 3 is 2.79 bits per heavy atom. The fourth-order valence-electron chi connectivity index (χ4n) is 1.85. The summed E-state index contributed by atoms with van der Waals surface area (Å²) < 4.78 is 31.2. The van der Waals surface area contributed by atoms with E-state index in [9.17, 15) is 13.2 Å². The van der Waals surface area contributed by atoms with Crippen LogP contribution >= 0.6 is 0 Å². The Hall–Kier alpha value is -1.51. The van der Waals surface area contributed by atoms with Crippen molar-refractivity contribution in [3.05, 3.63) is 23.9 Å². The highest BCUT2D eigenvalue weighted by molar-refractivity contribution is 7.89. The van der Waals surface area contributed by atoms with Gasteiger partial charge in [0.05, 0.1) is 18.8 Å². The summed E-state index contributed by atoms with van der Waals surface area (Å²) in [6.45, 7) is 2.71. The van der Waals surface area contributed by atoms with E-state index in [1.165, 1.54) is 16.4 Å². The van der Waals surface area contributed by atoms with Crippen molar-refractivity contribution in [2.45, 2.75) is 18.0 Å². The Balaban J connectivity index is 2.30. The molecule has 2 heterocycles. The number of morpholine rings is 1. The van der Waals surface area contributed by atoms with Crippen molar-refractivity contribution in [3.8, 4) is 0 Å². The van der Waals surface area contributed by atoms with Crippen molar-refractivity contribution >= 4 is 16.0 Å². The van der Waals surface area contributed by atoms with E-state index < -0.39 is 16.0 Å². The molecule has 1 aliphatic heterocycles. The Morgan fingerprint density at radius 1 is 1.53 bits per heavy atom. The van der Waals surface area contributed by atoms with E-state index in [1.807, 2.05) is 0 Å². The minimum absolute atomic E-state index is 0.0472. The van der Waals surface area contributed by atoms with Gasteiger partial charge in [-0.2, -0.15) is 4.31 Å². The number of hydrogen-bond acceptors (Lipinski definition) is 5. The number of aromatic nitrogens is 1. The van der Waals surface area contributed by atoms with Gasteiger partial charge in [0.2, 0.25) is 0 Å². The van der Waals surface area contributed by atoms with Gasteiger partial charge in [0, 0.05) is 18.8 Å². The molecule has 0 saturated carbocycles. The van der Waals surface area contributed by atoms with Crippen LogP contribution in [0.2, 0.25) is 0 Å². The molecule has 2 rings (SSSR count). The molecule has 7 nitrogen and oxygen atoms in total. The van der Waals surface area contributed by atoms with E-state index in [4.69, 9.17) is 9.84 Å². The minimum Gasteiger partial charge on any atom is -0.478 e. The van der Waals surface area contributed by atoms with Crippen molar-refractivity contribution < 1.29 is 23.1 Å². The Morgan fingerprint density at radius 2 is 2.26 bits per heavy atom. The predicted octanol–water partition coefficient (Wildman–Crippen LogP) is 0.189. The van der Waals surface area contributed by atoms with Crippen LogP contribution in [0.25, 0.3) is 0 Å². The predicted molar refractivity (Wildman–Crippen MR) is 65.4 cm³/mol. The molecule has 0 aromatic carbocycles. The molecule has 1 aliphatic rings. The molecule has 1 saturated heterocycles. The molecule has 1 aromatic rings. The van der Waals surface area contributed by atoms with E-state index in [1.54, 1.807) is 6.92 Å². The summed E-state index contributed by atoms with van der Waals surface area (Å²) in [4.78, 5) is 14.4. The van der Waals surface area contributed by atoms with Crippen LogP contribution in [0.1, 0.15) is 17.3 Å². The summed E-state index contributed by atoms with van der Waals surface area (Å²) in [6.07, 6.45) is 1.04. The van der Waals surface area contributed by atoms with Gasteiger partial charge in [-0.15, -0.1) is 0 Å². The largest absolute Gasteiger partial charge is 0.478 e. The summed E-state index contributed by atoms with van der Waals surface area (Å²) in [7, 11) is -3.70. The van der Waals surface area contributed by atoms with Crippen LogP contribution in [-0.4, -0.2) is 54.6 Å². The summed E-state index contributed by atoms with van der Waals surface area (Å²) in [6, 6.07) is 2.17. The highest BCUT2D eigenvalue weighted by Crippen LogP contribution is 2.18. The number of carboxylic acids is 1. The molecule has 0 radical (unpaired) electrons. The molecule has 0 spiro atoms. The molecular formula is C11H14N2O5S. The van der Waals surface area contributed by atoms with Crippen molar-refractivity contribution in [2.75, 3.05) is 19.8 Å². The third-order valence-corrected chi connectivity index (χ3v) is 4.79. The number of ether oxygens (including phenoxy) is 1. The van der Waals surface area contributed by atoms with Gasteiger partial charge in [-0.05, 0) is 19.1 Å². The third kappa shape index (κ3) is 2.75. The first-order chi connectivity index (χ1) is 8.93. The second kappa shape index (κ2) is 5.24. The first-order valence-corrected chi connectivity index (χ1v) is 7.16. The van der Waals surface area contributed by atoms with Gasteiger partial charge < -0.3 is 9.84 Å². The maximum Gasteiger partial charge on any atom is 0.337 e. The zero-order valence-electron chi connectivity index (χ0n) is 10.3. The number of nitrogens with zero attached hydrogens (tertiary/aromatic N) is 2. The Bertz CT molecular complexity index is 569. The number of hydrogen-bond donors (Lipinski definition) is 1. The van der Waals surface area contributed by atoms with Crippen LogP contribution in [0.4, 0.5) is 0 Å². The van der Waals surface area contributed by atoms with Crippen LogP contribution in [0.5, 0.6) is 0 Å². The quantitative estimate of drug-likeness (QED) is 0.852. The van der Waals surface area contributed by atoms with E-state index in [2.05, 4.69) is 4.98 Å². The highest BCUT2D eigenvalue weighted by atomic mass is 32.2. The fourth-order valence-corrected chi connectivity index (χ4v) is 3.36. The average Bonchev–Trinajstić information content (AvgIpc) is 2.39. The van der Waals surface area contributed by atoms with E-state index in [0.717, 1.165) is 6.20 Å². The second-order valence-corrected chi connectivity index (χ2v) is 6.07. The lowest BCUT2D eigenvalue weighted by Crippen LogP contribution is -2.47. The van der Waals surface area contributed by atoms with Gasteiger partial charge >= 0.3 is 5.97 Å². The first-order valence-electron chi connectivity index (χ1n) is 5.72. The molecule has 0 aliphatic carbocycles. The summed E-state index contributed by atoms with van der Waals surface area (Å²) in [5.41, 5.74) is -0.0472. The fraction of sp³-hybridized carbons (Fsp3) is 0.455. The minimum atomic E-state index is -3.70. The molecule has 1 unspecified atom stereocenters. The molecule has 8 heteroatoms. The van der Waals surface area contributed by atoms with Crippen LogP contribution in [0.3, 0.4) is 0 Å². The smallest absolute Gasteiger partial charge is 0.337 e. The lowest BCUT2D eigenvalue weighted by atomic mass is 10.3. The van der Waals surface area contributed by atoms with Gasteiger partial charge in [-0.3, -0.25) is 0 Å². The van der Waals surface area contributed by atoms with E-state index in [0.29, 0.717) is 13.2 Å². The number of rotatable bonds is 3. The zero-order chi connectivity index (χ0) is 14.0. The lowest BCUT2D eigenvalue weighted by Gasteiger charge is -2.31. The first kappa shape index (κ1) is 13.9.